The number of benzene rings is 1. The highest BCUT2D eigenvalue weighted by Crippen LogP contribution is 2.32. The predicted octanol–water partition coefficient (Wildman–Crippen LogP) is 0.891. The number of para-hydroxylation sites is 1. The summed E-state index contributed by atoms with van der Waals surface area (Å²) in [6.07, 6.45) is -2.21. The number of aliphatic hydroxyl groups is 2. The normalized spacial score (nSPS) is 14.3. The number of hydrogen-bond donors (Lipinski definition) is 4. The number of thiol groups is 1. The molecule has 0 aliphatic heterocycles. The highest BCUT2D eigenvalue weighted by molar-refractivity contribution is 7.80. The number of hydrogen-bond acceptors (Lipinski definition) is 6. The number of nitro benzene ring substituents is 1. The third-order valence-electron chi connectivity index (χ3n) is 2.39. The summed E-state index contributed by atoms with van der Waals surface area (Å²) < 4.78 is 0. The summed E-state index contributed by atoms with van der Waals surface area (Å²) in [5.74, 6) is 0.369. The highest BCUT2D eigenvalue weighted by atomic mass is 32.1. The van der Waals surface area contributed by atoms with Crippen molar-refractivity contribution in [3.05, 3.63) is 33.9 Å². The molecule has 7 heteroatoms. The number of nitrogen functional groups attached to an aromatic ring is 1. The average molecular weight is 258 g/mol. The van der Waals surface area contributed by atoms with Gasteiger partial charge in [0.05, 0.1) is 16.6 Å². The Morgan fingerprint density at radius 3 is 2.65 bits per heavy atom. The van der Waals surface area contributed by atoms with Gasteiger partial charge in [0.25, 0.3) is 5.69 Å². The van der Waals surface area contributed by atoms with E-state index >= 15 is 0 Å². The molecule has 17 heavy (non-hydrogen) atoms. The van der Waals surface area contributed by atoms with E-state index in [-0.39, 0.29) is 23.4 Å². The first-order chi connectivity index (χ1) is 7.99. The lowest BCUT2D eigenvalue weighted by molar-refractivity contribution is -0.385. The Labute approximate surface area is 104 Å². The monoisotopic (exact) mass is 258 g/mol. The lowest BCUT2D eigenvalue weighted by Gasteiger charge is -2.17. The molecule has 0 aliphatic carbocycles. The molecule has 2 atom stereocenters. The quantitative estimate of drug-likeness (QED) is 0.271. The van der Waals surface area contributed by atoms with Crippen LogP contribution >= 0.6 is 12.6 Å². The fourth-order valence-electron chi connectivity index (χ4n) is 1.53. The van der Waals surface area contributed by atoms with Crippen LogP contribution in [0.4, 0.5) is 11.4 Å². The van der Waals surface area contributed by atoms with Gasteiger partial charge in [0, 0.05) is 0 Å². The van der Waals surface area contributed by atoms with Crippen molar-refractivity contribution in [2.45, 2.75) is 18.6 Å². The summed E-state index contributed by atoms with van der Waals surface area (Å²) in [5.41, 5.74) is 5.10. The number of nitrogens with zero attached hydrogens (tertiary/aromatic N) is 1. The van der Waals surface area contributed by atoms with E-state index in [0.717, 1.165) is 0 Å². The summed E-state index contributed by atoms with van der Waals surface area (Å²) in [4.78, 5) is 10.2. The first-order valence-electron chi connectivity index (χ1n) is 4.98. The van der Waals surface area contributed by atoms with Gasteiger partial charge < -0.3 is 15.9 Å². The van der Waals surface area contributed by atoms with Crippen molar-refractivity contribution in [3.8, 4) is 0 Å². The molecule has 0 saturated carbocycles. The molecule has 1 rings (SSSR count). The summed E-state index contributed by atoms with van der Waals surface area (Å²) in [7, 11) is 0. The van der Waals surface area contributed by atoms with Crippen LogP contribution < -0.4 is 5.73 Å². The fraction of sp³-hybridized carbons (Fsp3) is 0.400. The van der Waals surface area contributed by atoms with Gasteiger partial charge in [0.1, 0.15) is 11.8 Å². The van der Waals surface area contributed by atoms with Crippen molar-refractivity contribution in [1.29, 1.82) is 0 Å². The second-order valence-electron chi connectivity index (χ2n) is 3.57. The van der Waals surface area contributed by atoms with Crippen LogP contribution in [-0.4, -0.2) is 27.0 Å². The van der Waals surface area contributed by atoms with Gasteiger partial charge in [-0.3, -0.25) is 10.1 Å². The van der Waals surface area contributed by atoms with Crippen LogP contribution in [0.2, 0.25) is 0 Å². The first-order valence-corrected chi connectivity index (χ1v) is 5.62. The van der Waals surface area contributed by atoms with E-state index in [2.05, 4.69) is 12.6 Å². The van der Waals surface area contributed by atoms with E-state index in [9.17, 15) is 20.3 Å². The Morgan fingerprint density at radius 2 is 2.12 bits per heavy atom. The van der Waals surface area contributed by atoms with Gasteiger partial charge in [-0.05, 0) is 24.3 Å². The van der Waals surface area contributed by atoms with Crippen LogP contribution in [0.1, 0.15) is 18.1 Å². The fourth-order valence-corrected chi connectivity index (χ4v) is 1.79. The minimum absolute atomic E-state index is 0.0179. The van der Waals surface area contributed by atoms with Gasteiger partial charge >= 0.3 is 0 Å². The number of aliphatic hydroxyl groups excluding tert-OH is 2. The zero-order valence-corrected chi connectivity index (χ0v) is 9.88. The smallest absolute Gasteiger partial charge is 0.297 e. The van der Waals surface area contributed by atoms with Crippen LogP contribution in [0, 0.1) is 10.1 Å². The average Bonchev–Trinajstić information content (AvgIpc) is 2.27. The minimum atomic E-state index is -1.34. The molecular formula is C10H14N2O4S. The third kappa shape index (κ3) is 3.09. The number of nitrogens with two attached hydrogens (primary N) is 1. The van der Waals surface area contributed by atoms with Crippen molar-refractivity contribution in [1.82, 2.24) is 0 Å². The Morgan fingerprint density at radius 1 is 1.47 bits per heavy atom. The zero-order valence-electron chi connectivity index (χ0n) is 8.98. The minimum Gasteiger partial charge on any atom is -0.393 e. The molecule has 94 valence electrons. The summed E-state index contributed by atoms with van der Waals surface area (Å²) in [6.45, 7) is 0. The largest absolute Gasteiger partial charge is 0.393 e. The van der Waals surface area contributed by atoms with Gasteiger partial charge in [0.2, 0.25) is 0 Å². The molecule has 0 fully saturated rings. The topological polar surface area (TPSA) is 110 Å². The van der Waals surface area contributed by atoms with Crippen molar-refractivity contribution in [3.63, 3.8) is 0 Å². The van der Waals surface area contributed by atoms with Crippen LogP contribution in [0.5, 0.6) is 0 Å². The van der Waals surface area contributed by atoms with Crippen LogP contribution in [0.25, 0.3) is 0 Å². The van der Waals surface area contributed by atoms with Crippen LogP contribution in [-0.2, 0) is 0 Å². The van der Waals surface area contributed by atoms with E-state index in [0.29, 0.717) is 5.75 Å². The van der Waals surface area contributed by atoms with Gasteiger partial charge in [0.15, 0.2) is 0 Å². The second kappa shape index (κ2) is 5.85. The molecule has 1 aromatic rings. The Hall–Kier alpha value is -1.31. The highest BCUT2D eigenvalue weighted by Gasteiger charge is 2.27. The van der Waals surface area contributed by atoms with Gasteiger partial charge in [-0.1, -0.05) is 6.07 Å². The third-order valence-corrected chi connectivity index (χ3v) is 2.65. The number of nitro groups is 1. The van der Waals surface area contributed by atoms with E-state index < -0.39 is 17.1 Å². The van der Waals surface area contributed by atoms with E-state index in [4.69, 9.17) is 5.73 Å². The van der Waals surface area contributed by atoms with E-state index in [1.54, 1.807) is 0 Å². The van der Waals surface area contributed by atoms with Crippen LogP contribution in [0.3, 0.4) is 0 Å². The molecule has 0 amide bonds. The summed E-state index contributed by atoms with van der Waals surface area (Å²) in [5, 5.41) is 30.3. The first kappa shape index (κ1) is 13.8. The van der Waals surface area contributed by atoms with E-state index in [1.165, 1.54) is 18.2 Å². The Bertz CT molecular complexity index is 413. The number of rotatable bonds is 5. The number of anilines is 1. The SMILES string of the molecule is Nc1cccc(C(O)C(O)CCS)c1[N+](=O)[O-]. The van der Waals surface area contributed by atoms with Crippen LogP contribution in [0.15, 0.2) is 18.2 Å². The maximum absolute atomic E-state index is 10.8. The predicted molar refractivity (Wildman–Crippen MR) is 66.9 cm³/mol. The van der Waals surface area contributed by atoms with Crippen molar-refractivity contribution in [2.24, 2.45) is 0 Å². The zero-order chi connectivity index (χ0) is 13.0. The molecule has 0 aliphatic rings. The van der Waals surface area contributed by atoms with Crippen molar-refractivity contribution >= 4 is 24.0 Å². The molecular weight excluding hydrogens is 244 g/mol. The molecule has 1 aromatic carbocycles. The van der Waals surface area contributed by atoms with Gasteiger partial charge in [-0.15, -0.1) is 0 Å². The van der Waals surface area contributed by atoms with Crippen molar-refractivity contribution < 1.29 is 15.1 Å². The van der Waals surface area contributed by atoms with E-state index in [1.807, 2.05) is 0 Å². The Balaban J connectivity index is 3.13. The molecule has 0 spiro atoms. The lowest BCUT2D eigenvalue weighted by atomic mass is 10.00. The molecule has 0 saturated heterocycles. The summed E-state index contributed by atoms with van der Waals surface area (Å²) >= 11 is 3.92. The molecule has 0 radical (unpaired) electrons. The second-order valence-corrected chi connectivity index (χ2v) is 4.01. The van der Waals surface area contributed by atoms with Crippen molar-refractivity contribution in [2.75, 3.05) is 11.5 Å². The molecule has 0 bridgehead atoms. The van der Waals surface area contributed by atoms with Gasteiger partial charge in [-0.2, -0.15) is 12.6 Å². The maximum Gasteiger partial charge on any atom is 0.297 e. The summed E-state index contributed by atoms with van der Waals surface area (Å²) in [6, 6.07) is 4.24. The molecule has 6 nitrogen and oxygen atoms in total. The molecule has 0 aromatic heterocycles. The Kier molecular flexibility index (Phi) is 4.73. The molecule has 4 N–H and O–H groups in total. The maximum atomic E-state index is 10.8. The lowest BCUT2D eigenvalue weighted by Crippen LogP contribution is -2.20. The molecule has 2 unspecified atom stereocenters. The standard InChI is InChI=1S/C10H14N2O4S/c11-7-3-1-2-6(9(7)12(15)16)10(14)8(13)4-5-17/h1-3,8,10,13-14,17H,4-5,11H2. The van der Waals surface area contributed by atoms with Gasteiger partial charge in [-0.25, -0.2) is 0 Å². The molecule has 0 heterocycles.